The van der Waals surface area contributed by atoms with Crippen LogP contribution in [-0.2, 0) is 4.74 Å². The van der Waals surface area contributed by atoms with Gasteiger partial charge in [0.25, 0.3) is 5.91 Å². The van der Waals surface area contributed by atoms with Crippen molar-refractivity contribution >= 4 is 17.6 Å². The molecule has 1 heterocycles. The van der Waals surface area contributed by atoms with Crippen molar-refractivity contribution in [1.29, 1.82) is 0 Å². The number of rotatable bonds is 7. The Morgan fingerprint density at radius 1 is 1.24 bits per heavy atom. The summed E-state index contributed by atoms with van der Waals surface area (Å²) in [5.74, 6) is -0.192. The molecule has 0 aliphatic heterocycles. The second-order valence-electron chi connectivity index (χ2n) is 5.19. The van der Waals surface area contributed by atoms with E-state index in [9.17, 15) is 9.59 Å². The van der Waals surface area contributed by atoms with Crippen molar-refractivity contribution in [2.45, 2.75) is 13.8 Å². The summed E-state index contributed by atoms with van der Waals surface area (Å²) in [7, 11) is 0. The first-order chi connectivity index (χ1) is 12.0. The zero-order chi connectivity index (χ0) is 18.2. The predicted molar refractivity (Wildman–Crippen MR) is 93.9 cm³/mol. The van der Waals surface area contributed by atoms with E-state index >= 15 is 0 Å². The number of nitrogens with zero attached hydrogens (tertiary/aromatic N) is 1. The number of nitrogens with two attached hydrogens (primary N) is 1. The Hall–Kier alpha value is -2.93. The fraction of sp³-hybridized carbons (Fsp3) is 0.278. The molecule has 1 aromatic carbocycles. The van der Waals surface area contributed by atoms with Crippen LogP contribution in [0.2, 0.25) is 0 Å². The fourth-order valence-electron chi connectivity index (χ4n) is 2.10. The molecule has 0 atom stereocenters. The summed E-state index contributed by atoms with van der Waals surface area (Å²) in [5, 5.41) is 2.77. The number of benzene rings is 1. The number of aryl methyl sites for hydroxylation is 1. The average molecular weight is 343 g/mol. The van der Waals surface area contributed by atoms with Crippen molar-refractivity contribution in [2.24, 2.45) is 5.73 Å². The molecule has 0 aliphatic rings. The van der Waals surface area contributed by atoms with E-state index in [1.807, 2.05) is 0 Å². The van der Waals surface area contributed by atoms with Gasteiger partial charge in [-0.25, -0.2) is 4.79 Å². The van der Waals surface area contributed by atoms with Crippen molar-refractivity contribution < 1.29 is 19.1 Å². The normalized spacial score (nSPS) is 10.2. The first-order valence-electron chi connectivity index (χ1n) is 7.93. The first-order valence-corrected chi connectivity index (χ1v) is 7.93. The van der Waals surface area contributed by atoms with Crippen molar-refractivity contribution in [2.75, 3.05) is 25.1 Å². The summed E-state index contributed by atoms with van der Waals surface area (Å²) in [4.78, 5) is 28.4. The van der Waals surface area contributed by atoms with Gasteiger partial charge in [0, 0.05) is 18.4 Å². The molecule has 2 rings (SSSR count). The molecular weight excluding hydrogens is 322 g/mol. The van der Waals surface area contributed by atoms with E-state index in [2.05, 4.69) is 10.3 Å². The third-order valence-corrected chi connectivity index (χ3v) is 3.34. The molecule has 0 fully saturated rings. The molecule has 1 aromatic heterocycles. The van der Waals surface area contributed by atoms with E-state index in [0.29, 0.717) is 35.8 Å². The first kappa shape index (κ1) is 18.4. The minimum atomic E-state index is -0.509. The third-order valence-electron chi connectivity index (χ3n) is 3.34. The van der Waals surface area contributed by atoms with Crippen LogP contribution < -0.4 is 15.8 Å². The highest BCUT2D eigenvalue weighted by molar-refractivity contribution is 6.06. The minimum Gasteiger partial charge on any atom is -0.492 e. The number of esters is 1. The third kappa shape index (κ3) is 5.02. The number of hydrogen-bond donors (Lipinski definition) is 2. The molecule has 0 saturated carbocycles. The monoisotopic (exact) mass is 343 g/mol. The smallest absolute Gasteiger partial charge is 0.339 e. The number of hydrogen-bond acceptors (Lipinski definition) is 6. The maximum absolute atomic E-state index is 12.5. The van der Waals surface area contributed by atoms with Crippen LogP contribution >= 0.6 is 0 Å². The summed E-state index contributed by atoms with van der Waals surface area (Å²) in [5.41, 5.74) is 7.06. The second kappa shape index (κ2) is 8.79. The summed E-state index contributed by atoms with van der Waals surface area (Å²) >= 11 is 0. The molecule has 0 unspecified atom stereocenters. The summed E-state index contributed by atoms with van der Waals surface area (Å²) < 4.78 is 10.3. The van der Waals surface area contributed by atoms with Crippen LogP contribution in [0.15, 0.2) is 36.5 Å². The van der Waals surface area contributed by atoms with Gasteiger partial charge in [-0.15, -0.1) is 0 Å². The molecule has 25 heavy (non-hydrogen) atoms. The molecule has 7 nitrogen and oxygen atoms in total. The molecule has 132 valence electrons. The lowest BCUT2D eigenvalue weighted by Crippen LogP contribution is -2.16. The number of aromatic nitrogens is 1. The van der Waals surface area contributed by atoms with Gasteiger partial charge >= 0.3 is 5.97 Å². The average Bonchev–Trinajstić information content (AvgIpc) is 2.61. The molecule has 0 saturated heterocycles. The number of carbonyl (C=O) groups is 2. The van der Waals surface area contributed by atoms with Crippen LogP contribution in [0.3, 0.4) is 0 Å². The van der Waals surface area contributed by atoms with Crippen LogP contribution in [0.25, 0.3) is 0 Å². The van der Waals surface area contributed by atoms with Crippen LogP contribution in [0.5, 0.6) is 5.75 Å². The Kier molecular flexibility index (Phi) is 6.47. The van der Waals surface area contributed by atoms with Gasteiger partial charge in [-0.05, 0) is 44.2 Å². The zero-order valence-corrected chi connectivity index (χ0v) is 14.2. The Bertz CT molecular complexity index is 744. The van der Waals surface area contributed by atoms with Gasteiger partial charge in [-0.1, -0.05) is 0 Å². The van der Waals surface area contributed by atoms with Crippen molar-refractivity contribution in [3.05, 3.63) is 53.3 Å². The van der Waals surface area contributed by atoms with Gasteiger partial charge in [0.1, 0.15) is 12.4 Å². The molecule has 0 spiro atoms. The van der Waals surface area contributed by atoms with Gasteiger partial charge in [0.05, 0.1) is 23.4 Å². The molecule has 1 amide bonds. The van der Waals surface area contributed by atoms with E-state index in [1.165, 1.54) is 12.3 Å². The molecular formula is C18H21N3O4. The number of ether oxygens (including phenoxy) is 2. The van der Waals surface area contributed by atoms with Gasteiger partial charge in [0.15, 0.2) is 0 Å². The maximum Gasteiger partial charge on any atom is 0.339 e. The Morgan fingerprint density at radius 3 is 2.60 bits per heavy atom. The molecule has 2 aromatic rings. The van der Waals surface area contributed by atoms with E-state index in [4.69, 9.17) is 15.2 Å². The van der Waals surface area contributed by atoms with Crippen molar-refractivity contribution in [3.63, 3.8) is 0 Å². The number of pyridine rings is 1. The minimum absolute atomic E-state index is 0.239. The molecule has 0 aliphatic carbocycles. The predicted octanol–water partition coefficient (Wildman–Crippen LogP) is 2.16. The summed E-state index contributed by atoms with van der Waals surface area (Å²) in [6.45, 7) is 4.53. The summed E-state index contributed by atoms with van der Waals surface area (Å²) in [6, 6.07) is 8.41. The van der Waals surface area contributed by atoms with Gasteiger partial charge in [-0.2, -0.15) is 0 Å². The largest absolute Gasteiger partial charge is 0.492 e. The van der Waals surface area contributed by atoms with E-state index in [1.54, 1.807) is 38.1 Å². The van der Waals surface area contributed by atoms with Gasteiger partial charge in [-0.3, -0.25) is 9.78 Å². The number of amides is 1. The molecule has 3 N–H and O–H groups in total. The molecule has 7 heteroatoms. The number of anilines is 1. The lowest BCUT2D eigenvalue weighted by atomic mass is 10.1. The lowest BCUT2D eigenvalue weighted by molar-refractivity contribution is 0.0526. The van der Waals surface area contributed by atoms with Crippen LogP contribution in [0, 0.1) is 6.92 Å². The highest BCUT2D eigenvalue weighted by Crippen LogP contribution is 2.17. The second-order valence-corrected chi connectivity index (χ2v) is 5.19. The quantitative estimate of drug-likeness (QED) is 0.747. The molecule has 0 bridgehead atoms. The van der Waals surface area contributed by atoms with Crippen LogP contribution in [0.4, 0.5) is 5.69 Å². The van der Waals surface area contributed by atoms with E-state index in [0.717, 1.165) is 0 Å². The Morgan fingerprint density at radius 2 is 1.96 bits per heavy atom. The van der Waals surface area contributed by atoms with Crippen molar-refractivity contribution in [1.82, 2.24) is 4.98 Å². The Labute approximate surface area is 146 Å². The van der Waals surface area contributed by atoms with Crippen molar-refractivity contribution in [3.8, 4) is 5.75 Å². The maximum atomic E-state index is 12.5. The standard InChI is InChI=1S/C18H21N3O4/c1-3-24-18(23)13-10-16(12(2)20-11-13)17(22)21-14-4-6-15(7-5-14)25-9-8-19/h4-7,10-11H,3,8-9,19H2,1-2H3,(H,21,22). The number of nitrogens with one attached hydrogen (secondary N) is 1. The van der Waals surface area contributed by atoms with Crippen LogP contribution in [-0.4, -0.2) is 36.6 Å². The molecule has 0 radical (unpaired) electrons. The van der Waals surface area contributed by atoms with Crippen LogP contribution in [0.1, 0.15) is 33.3 Å². The lowest BCUT2D eigenvalue weighted by Gasteiger charge is -2.10. The zero-order valence-electron chi connectivity index (χ0n) is 14.2. The highest BCUT2D eigenvalue weighted by atomic mass is 16.5. The Balaban J connectivity index is 2.12. The SMILES string of the molecule is CCOC(=O)c1cnc(C)c(C(=O)Nc2ccc(OCCN)cc2)c1. The van der Waals surface area contributed by atoms with Gasteiger partial charge < -0.3 is 20.5 Å². The fourth-order valence-corrected chi connectivity index (χ4v) is 2.10. The van der Waals surface area contributed by atoms with E-state index in [-0.39, 0.29) is 18.1 Å². The highest BCUT2D eigenvalue weighted by Gasteiger charge is 2.15. The van der Waals surface area contributed by atoms with E-state index < -0.39 is 5.97 Å². The van der Waals surface area contributed by atoms with Gasteiger partial charge in [0.2, 0.25) is 0 Å². The number of carbonyl (C=O) groups excluding carboxylic acids is 2. The summed E-state index contributed by atoms with van der Waals surface area (Å²) in [6.07, 6.45) is 1.40. The topological polar surface area (TPSA) is 104 Å².